The van der Waals surface area contributed by atoms with Gasteiger partial charge in [-0.2, -0.15) is 0 Å². The fraction of sp³-hybridized carbons (Fsp3) is 0.375. The number of carbonyl (C=O) groups is 1. The Balaban J connectivity index is 1.52. The number of hydrogen-bond acceptors (Lipinski definition) is 6. The number of aromatic nitrogens is 3. The van der Waals surface area contributed by atoms with Crippen LogP contribution < -0.4 is 14.8 Å². The molecule has 0 aliphatic heterocycles. The fourth-order valence-electron chi connectivity index (χ4n) is 3.87. The zero-order valence-corrected chi connectivity index (χ0v) is 20.1. The molecule has 0 atom stereocenters. The van der Waals surface area contributed by atoms with E-state index >= 15 is 0 Å². The van der Waals surface area contributed by atoms with Crippen LogP contribution in [0.3, 0.4) is 0 Å². The van der Waals surface area contributed by atoms with E-state index in [1.807, 2.05) is 28.8 Å². The van der Waals surface area contributed by atoms with Gasteiger partial charge in [0.15, 0.2) is 11.0 Å². The summed E-state index contributed by atoms with van der Waals surface area (Å²) in [5, 5.41) is 13.1. The summed E-state index contributed by atoms with van der Waals surface area (Å²) >= 11 is 7.31. The molecule has 1 aromatic heterocycles. The molecule has 0 radical (unpaired) electrons. The third-order valence-corrected chi connectivity index (χ3v) is 6.69. The van der Waals surface area contributed by atoms with Gasteiger partial charge in [0.25, 0.3) is 0 Å². The van der Waals surface area contributed by atoms with E-state index in [0.29, 0.717) is 27.5 Å². The Bertz CT molecular complexity index is 1070. The average Bonchev–Trinajstić information content (AvgIpc) is 3.25. The molecule has 1 aliphatic rings. The van der Waals surface area contributed by atoms with Crippen molar-refractivity contribution in [3.8, 4) is 17.2 Å². The van der Waals surface area contributed by atoms with E-state index in [9.17, 15) is 4.79 Å². The molecule has 1 amide bonds. The maximum atomic E-state index is 12.6. The monoisotopic (exact) mass is 486 g/mol. The number of nitrogens with zero attached hydrogens (tertiary/aromatic N) is 3. The Morgan fingerprint density at radius 3 is 2.64 bits per heavy atom. The first-order valence-electron chi connectivity index (χ1n) is 11.0. The molecule has 0 unspecified atom stereocenters. The van der Waals surface area contributed by atoms with Gasteiger partial charge in [-0.3, -0.25) is 9.36 Å². The first-order chi connectivity index (χ1) is 16.1. The van der Waals surface area contributed by atoms with Crippen molar-refractivity contribution in [2.45, 2.75) is 49.9 Å². The van der Waals surface area contributed by atoms with Gasteiger partial charge in [-0.25, -0.2) is 0 Å². The Kier molecular flexibility index (Phi) is 8.12. The smallest absolute Gasteiger partial charge is 0.230 e. The second-order valence-electron chi connectivity index (χ2n) is 7.84. The second kappa shape index (κ2) is 11.4. The molecular weight excluding hydrogens is 460 g/mol. The van der Waals surface area contributed by atoms with Crippen LogP contribution in [0.1, 0.15) is 37.9 Å². The van der Waals surface area contributed by atoms with Crippen LogP contribution in [0.4, 0.5) is 0 Å². The first-order valence-corrected chi connectivity index (χ1v) is 12.4. The topological polar surface area (TPSA) is 78.3 Å². The molecule has 1 aliphatic carbocycles. The highest BCUT2D eigenvalue weighted by Crippen LogP contribution is 2.29. The van der Waals surface area contributed by atoms with Gasteiger partial charge >= 0.3 is 0 Å². The highest BCUT2D eigenvalue weighted by atomic mass is 35.5. The van der Waals surface area contributed by atoms with Gasteiger partial charge in [-0.05, 0) is 49.2 Å². The van der Waals surface area contributed by atoms with E-state index in [2.05, 4.69) is 15.5 Å². The number of methoxy groups -OCH3 is 1. The number of benzene rings is 2. The van der Waals surface area contributed by atoms with E-state index < -0.39 is 0 Å². The van der Waals surface area contributed by atoms with Crippen molar-refractivity contribution in [1.29, 1.82) is 0 Å². The molecule has 2 aromatic carbocycles. The third kappa shape index (κ3) is 6.21. The lowest BCUT2D eigenvalue weighted by atomic mass is 9.95. The van der Waals surface area contributed by atoms with Crippen LogP contribution in [-0.2, 0) is 11.4 Å². The molecule has 33 heavy (non-hydrogen) atoms. The maximum Gasteiger partial charge on any atom is 0.230 e. The largest absolute Gasteiger partial charge is 0.495 e. The molecule has 0 bridgehead atoms. The Morgan fingerprint density at radius 1 is 1.12 bits per heavy atom. The summed E-state index contributed by atoms with van der Waals surface area (Å²) < 4.78 is 13.4. The van der Waals surface area contributed by atoms with Crippen molar-refractivity contribution >= 4 is 29.3 Å². The molecule has 0 spiro atoms. The van der Waals surface area contributed by atoms with Crippen molar-refractivity contribution in [1.82, 2.24) is 20.1 Å². The number of amides is 1. The summed E-state index contributed by atoms with van der Waals surface area (Å²) in [4.78, 5) is 12.6. The number of nitrogens with one attached hydrogen (secondary N) is 1. The molecular formula is C24H27ClN4O3S. The van der Waals surface area contributed by atoms with Gasteiger partial charge < -0.3 is 14.8 Å². The van der Waals surface area contributed by atoms with E-state index in [-0.39, 0.29) is 24.3 Å². The normalized spacial score (nSPS) is 14.1. The molecule has 1 N–H and O–H groups in total. The SMILES string of the molecule is COc1ccccc1-n1c(COc2ccc(Cl)cc2)nnc1SCC(=O)NC1CCCCC1. The van der Waals surface area contributed by atoms with Crippen molar-refractivity contribution in [2.75, 3.05) is 12.9 Å². The Labute approximate surface area is 202 Å². The summed E-state index contributed by atoms with van der Waals surface area (Å²) in [5.74, 6) is 2.24. The van der Waals surface area contributed by atoms with Gasteiger partial charge in [0.05, 0.1) is 18.6 Å². The van der Waals surface area contributed by atoms with E-state index in [4.69, 9.17) is 21.1 Å². The van der Waals surface area contributed by atoms with Crippen molar-refractivity contribution in [3.63, 3.8) is 0 Å². The summed E-state index contributed by atoms with van der Waals surface area (Å²) in [6.07, 6.45) is 5.72. The number of ether oxygens (including phenoxy) is 2. The number of thioether (sulfide) groups is 1. The minimum atomic E-state index is 0.0143. The average molecular weight is 487 g/mol. The van der Waals surface area contributed by atoms with Crippen molar-refractivity contribution < 1.29 is 14.3 Å². The quantitative estimate of drug-likeness (QED) is 0.426. The van der Waals surface area contributed by atoms with E-state index in [0.717, 1.165) is 18.5 Å². The summed E-state index contributed by atoms with van der Waals surface area (Å²) in [7, 11) is 1.62. The fourth-order valence-corrected chi connectivity index (χ4v) is 4.77. The minimum Gasteiger partial charge on any atom is -0.495 e. The molecule has 9 heteroatoms. The maximum absolute atomic E-state index is 12.6. The van der Waals surface area contributed by atoms with Gasteiger partial charge in [0.2, 0.25) is 5.91 Å². The van der Waals surface area contributed by atoms with Gasteiger partial charge in [-0.15, -0.1) is 10.2 Å². The number of halogens is 1. The van der Waals surface area contributed by atoms with Crippen LogP contribution in [0.5, 0.6) is 11.5 Å². The first kappa shape index (κ1) is 23.4. The number of para-hydroxylation sites is 2. The molecule has 1 fully saturated rings. The summed E-state index contributed by atoms with van der Waals surface area (Å²) in [6, 6.07) is 15.1. The molecule has 7 nitrogen and oxygen atoms in total. The number of rotatable bonds is 9. The second-order valence-corrected chi connectivity index (χ2v) is 9.22. The molecule has 1 saturated carbocycles. The number of hydrogen-bond donors (Lipinski definition) is 1. The predicted octanol–water partition coefficient (Wildman–Crippen LogP) is 5.05. The lowest BCUT2D eigenvalue weighted by Crippen LogP contribution is -2.37. The van der Waals surface area contributed by atoms with Gasteiger partial charge in [0, 0.05) is 11.1 Å². The molecule has 0 saturated heterocycles. The van der Waals surface area contributed by atoms with Crippen LogP contribution in [0.25, 0.3) is 5.69 Å². The molecule has 4 rings (SSSR count). The standard InChI is InChI=1S/C24H27ClN4O3S/c1-31-21-10-6-5-9-20(21)29-22(15-32-19-13-11-17(25)12-14-19)27-28-24(29)33-16-23(30)26-18-7-3-2-4-8-18/h5-6,9-14,18H,2-4,7-8,15-16H2,1H3,(H,26,30). The molecule has 174 valence electrons. The summed E-state index contributed by atoms with van der Waals surface area (Å²) in [5.41, 5.74) is 0.787. The number of carbonyl (C=O) groups excluding carboxylic acids is 1. The van der Waals surface area contributed by atoms with Crippen LogP contribution >= 0.6 is 23.4 Å². The predicted molar refractivity (Wildman–Crippen MR) is 129 cm³/mol. The third-order valence-electron chi connectivity index (χ3n) is 5.51. The zero-order chi connectivity index (χ0) is 23.0. The highest BCUT2D eigenvalue weighted by Gasteiger charge is 2.20. The lowest BCUT2D eigenvalue weighted by molar-refractivity contribution is -0.119. The Morgan fingerprint density at radius 2 is 1.88 bits per heavy atom. The minimum absolute atomic E-state index is 0.0143. The van der Waals surface area contributed by atoms with E-state index in [1.165, 1.54) is 31.0 Å². The van der Waals surface area contributed by atoms with Crippen LogP contribution in [0.2, 0.25) is 5.02 Å². The van der Waals surface area contributed by atoms with Crippen molar-refractivity contribution in [2.24, 2.45) is 0 Å². The van der Waals surface area contributed by atoms with Crippen molar-refractivity contribution in [3.05, 3.63) is 59.4 Å². The van der Waals surface area contributed by atoms with Crippen LogP contribution in [-0.4, -0.2) is 39.6 Å². The van der Waals surface area contributed by atoms with E-state index in [1.54, 1.807) is 31.4 Å². The van der Waals surface area contributed by atoms with Gasteiger partial charge in [-0.1, -0.05) is 54.8 Å². The highest BCUT2D eigenvalue weighted by molar-refractivity contribution is 7.99. The lowest BCUT2D eigenvalue weighted by Gasteiger charge is -2.22. The molecule has 1 heterocycles. The van der Waals surface area contributed by atoms with Gasteiger partial charge in [0.1, 0.15) is 18.1 Å². The van der Waals surface area contributed by atoms with Crippen LogP contribution in [0.15, 0.2) is 53.7 Å². The summed E-state index contributed by atoms with van der Waals surface area (Å²) in [6.45, 7) is 0.196. The zero-order valence-electron chi connectivity index (χ0n) is 18.5. The molecule has 3 aromatic rings. The Hall–Kier alpha value is -2.71. The van der Waals surface area contributed by atoms with Crippen LogP contribution in [0, 0.1) is 0 Å².